The Balaban J connectivity index is 1.88. The molecule has 0 aliphatic heterocycles. The molecule has 2 N–H and O–H groups in total. The number of hydrogen-bond donors (Lipinski definition) is 2. The highest BCUT2D eigenvalue weighted by Crippen LogP contribution is 2.16. The summed E-state index contributed by atoms with van der Waals surface area (Å²) in [5, 5.41) is 16.1. The van der Waals surface area contributed by atoms with Crippen LogP contribution in [0.4, 0.5) is 5.69 Å². The zero-order valence-corrected chi connectivity index (χ0v) is 15.9. The van der Waals surface area contributed by atoms with Crippen LogP contribution in [0.1, 0.15) is 26.5 Å². The fourth-order valence-corrected chi connectivity index (χ4v) is 2.54. The van der Waals surface area contributed by atoms with E-state index in [4.69, 9.17) is 9.15 Å². The molecule has 1 heterocycles. The summed E-state index contributed by atoms with van der Waals surface area (Å²) < 4.78 is 10.2. The lowest BCUT2D eigenvalue weighted by atomic mass is 10.1. The van der Waals surface area contributed by atoms with E-state index in [0.29, 0.717) is 11.3 Å². The van der Waals surface area contributed by atoms with Gasteiger partial charge in [0.2, 0.25) is 0 Å². The minimum Gasteiger partial charge on any atom is -0.545 e. The molecule has 152 valence electrons. The van der Waals surface area contributed by atoms with Crippen LogP contribution >= 0.6 is 0 Å². The molecule has 0 unspecified atom stereocenters. The lowest BCUT2D eigenvalue weighted by Gasteiger charge is -2.12. The third-order valence-corrected chi connectivity index (χ3v) is 4.02. The maximum atomic E-state index is 12.8. The zero-order valence-electron chi connectivity index (χ0n) is 15.9. The topological polar surface area (TPSA) is 121 Å². The molecule has 0 fully saturated rings. The summed E-state index contributed by atoms with van der Waals surface area (Å²) >= 11 is 0. The Labute approximate surface area is 171 Å². The molecule has 0 bridgehead atoms. The predicted molar refractivity (Wildman–Crippen MR) is 107 cm³/mol. The number of rotatable bonds is 7. The summed E-state index contributed by atoms with van der Waals surface area (Å²) in [7, 11) is 1.54. The largest absolute Gasteiger partial charge is 0.545 e. The van der Waals surface area contributed by atoms with Gasteiger partial charge in [-0.3, -0.25) is 9.59 Å². The van der Waals surface area contributed by atoms with E-state index in [9.17, 15) is 19.5 Å². The van der Waals surface area contributed by atoms with Gasteiger partial charge in [0.1, 0.15) is 11.4 Å². The molecule has 2 aromatic carbocycles. The van der Waals surface area contributed by atoms with E-state index in [1.165, 1.54) is 49.8 Å². The SMILES string of the molecule is COc1ccc(/C=C(/NC(=O)c2ccco2)C(=O)Nc2cccc(C(=O)[O-])c2)cc1. The highest BCUT2D eigenvalue weighted by molar-refractivity contribution is 6.10. The minimum absolute atomic E-state index is 0.0300. The number of carbonyl (C=O) groups is 3. The zero-order chi connectivity index (χ0) is 21.5. The number of methoxy groups -OCH3 is 1. The van der Waals surface area contributed by atoms with E-state index in [-0.39, 0.29) is 22.7 Å². The molecule has 8 nitrogen and oxygen atoms in total. The molecule has 0 spiro atoms. The molecular weight excluding hydrogens is 388 g/mol. The second-order valence-electron chi connectivity index (χ2n) is 6.08. The van der Waals surface area contributed by atoms with Gasteiger partial charge in [-0.25, -0.2) is 0 Å². The molecule has 0 saturated carbocycles. The quantitative estimate of drug-likeness (QED) is 0.581. The third kappa shape index (κ3) is 5.14. The minimum atomic E-state index is -1.37. The van der Waals surface area contributed by atoms with E-state index >= 15 is 0 Å². The molecule has 30 heavy (non-hydrogen) atoms. The molecule has 1 aromatic heterocycles. The van der Waals surface area contributed by atoms with Crippen molar-refractivity contribution < 1.29 is 28.6 Å². The molecular formula is C22H17N2O6-. The molecule has 3 aromatic rings. The smallest absolute Gasteiger partial charge is 0.291 e. The van der Waals surface area contributed by atoms with Gasteiger partial charge >= 0.3 is 0 Å². The number of ether oxygens (including phenoxy) is 1. The molecule has 3 rings (SSSR count). The standard InChI is InChI=1S/C22H18N2O6/c1-29-17-9-7-14(8-10-17)12-18(24-21(26)19-6-3-11-30-19)20(25)23-16-5-2-4-15(13-16)22(27)28/h2-13H,1H3,(H,23,25)(H,24,26)(H,27,28)/p-1/b18-12+. The van der Waals surface area contributed by atoms with Crippen LogP contribution in [-0.2, 0) is 4.79 Å². The average molecular weight is 405 g/mol. The van der Waals surface area contributed by atoms with Gasteiger partial charge in [-0.05, 0) is 53.6 Å². The summed E-state index contributed by atoms with van der Waals surface area (Å²) in [6.07, 6.45) is 2.81. The number of carboxylic acid groups (broad SMARTS) is 1. The van der Waals surface area contributed by atoms with E-state index in [1.54, 1.807) is 30.3 Å². The Morgan fingerprint density at radius 2 is 1.80 bits per heavy atom. The van der Waals surface area contributed by atoms with E-state index in [2.05, 4.69) is 10.6 Å². The van der Waals surface area contributed by atoms with Crippen molar-refractivity contribution in [3.8, 4) is 5.75 Å². The number of benzene rings is 2. The maximum absolute atomic E-state index is 12.8. The molecule has 0 aliphatic rings. The summed E-state index contributed by atoms with van der Waals surface area (Å²) in [6, 6.07) is 15.4. The van der Waals surface area contributed by atoms with Crippen molar-refractivity contribution >= 4 is 29.5 Å². The van der Waals surface area contributed by atoms with Crippen LogP contribution in [0.15, 0.2) is 77.0 Å². The Hall–Kier alpha value is -4.33. The van der Waals surface area contributed by atoms with Crippen LogP contribution in [-0.4, -0.2) is 24.9 Å². The van der Waals surface area contributed by atoms with Crippen LogP contribution in [0.3, 0.4) is 0 Å². The summed E-state index contributed by atoms with van der Waals surface area (Å²) in [5.41, 5.74) is 0.701. The normalized spacial score (nSPS) is 10.9. The summed E-state index contributed by atoms with van der Waals surface area (Å²) in [4.78, 5) is 36.2. The molecule has 8 heteroatoms. The fourth-order valence-electron chi connectivity index (χ4n) is 2.54. The van der Waals surface area contributed by atoms with E-state index < -0.39 is 17.8 Å². The van der Waals surface area contributed by atoms with Crippen LogP contribution in [0.5, 0.6) is 5.75 Å². The van der Waals surface area contributed by atoms with Crippen LogP contribution < -0.4 is 20.5 Å². The van der Waals surface area contributed by atoms with Gasteiger partial charge in [-0.1, -0.05) is 24.3 Å². The fraction of sp³-hybridized carbons (Fsp3) is 0.0455. The van der Waals surface area contributed by atoms with Crippen LogP contribution in [0, 0.1) is 0 Å². The van der Waals surface area contributed by atoms with Gasteiger partial charge in [-0.15, -0.1) is 0 Å². The molecule has 2 amide bonds. The van der Waals surface area contributed by atoms with Crippen molar-refractivity contribution in [3.05, 3.63) is 89.5 Å². The number of carboxylic acids is 1. The Morgan fingerprint density at radius 3 is 2.43 bits per heavy atom. The molecule has 0 atom stereocenters. The first-order valence-corrected chi connectivity index (χ1v) is 8.79. The first-order valence-electron chi connectivity index (χ1n) is 8.79. The van der Waals surface area contributed by atoms with Crippen molar-refractivity contribution in [1.29, 1.82) is 0 Å². The Morgan fingerprint density at radius 1 is 1.03 bits per heavy atom. The van der Waals surface area contributed by atoms with Gasteiger partial charge in [0, 0.05) is 5.69 Å². The molecule has 0 aliphatic carbocycles. The summed E-state index contributed by atoms with van der Waals surface area (Å²) in [6.45, 7) is 0. The predicted octanol–water partition coefficient (Wildman–Crippen LogP) is 2.06. The van der Waals surface area contributed by atoms with E-state index in [1.807, 2.05) is 0 Å². The third-order valence-electron chi connectivity index (χ3n) is 4.02. The van der Waals surface area contributed by atoms with Gasteiger partial charge in [0.25, 0.3) is 11.8 Å². The molecule has 0 radical (unpaired) electrons. The van der Waals surface area contributed by atoms with Crippen molar-refractivity contribution in [2.75, 3.05) is 12.4 Å². The van der Waals surface area contributed by atoms with Gasteiger partial charge in [0.05, 0.1) is 19.3 Å². The van der Waals surface area contributed by atoms with Crippen LogP contribution in [0.2, 0.25) is 0 Å². The average Bonchev–Trinajstić information content (AvgIpc) is 3.29. The lowest BCUT2D eigenvalue weighted by molar-refractivity contribution is -0.255. The van der Waals surface area contributed by atoms with Crippen LogP contribution in [0.25, 0.3) is 6.08 Å². The number of carbonyl (C=O) groups excluding carboxylic acids is 3. The van der Waals surface area contributed by atoms with Gasteiger partial charge < -0.3 is 29.7 Å². The molecule has 0 saturated heterocycles. The number of amides is 2. The van der Waals surface area contributed by atoms with Crippen molar-refractivity contribution in [1.82, 2.24) is 5.32 Å². The van der Waals surface area contributed by atoms with E-state index in [0.717, 1.165) is 0 Å². The van der Waals surface area contributed by atoms with Crippen molar-refractivity contribution in [2.24, 2.45) is 0 Å². The van der Waals surface area contributed by atoms with Crippen molar-refractivity contribution in [2.45, 2.75) is 0 Å². The van der Waals surface area contributed by atoms with Crippen molar-refractivity contribution in [3.63, 3.8) is 0 Å². The summed E-state index contributed by atoms with van der Waals surface area (Å²) in [5.74, 6) is -1.97. The highest BCUT2D eigenvalue weighted by Gasteiger charge is 2.17. The highest BCUT2D eigenvalue weighted by atomic mass is 16.5. The number of furan rings is 1. The van der Waals surface area contributed by atoms with Gasteiger partial charge in [0.15, 0.2) is 5.76 Å². The number of anilines is 1. The Kier molecular flexibility index (Phi) is 6.29. The monoisotopic (exact) mass is 405 g/mol. The maximum Gasteiger partial charge on any atom is 0.291 e. The number of nitrogens with one attached hydrogen (secondary N) is 2. The second-order valence-corrected chi connectivity index (χ2v) is 6.08. The second kappa shape index (κ2) is 9.24. The Bertz CT molecular complexity index is 1090. The lowest BCUT2D eigenvalue weighted by Crippen LogP contribution is -2.30. The first kappa shape index (κ1) is 20.4. The van der Waals surface area contributed by atoms with Gasteiger partial charge in [-0.2, -0.15) is 0 Å². The first-order chi connectivity index (χ1) is 14.5. The number of hydrogen-bond acceptors (Lipinski definition) is 6. The number of aromatic carboxylic acids is 1.